The Morgan fingerprint density at radius 3 is 2.27 bits per heavy atom. The Morgan fingerprint density at radius 2 is 1.76 bits per heavy atom. The Balaban J connectivity index is 0.000000493. The molecule has 1 aromatic heterocycles. The van der Waals surface area contributed by atoms with E-state index in [0.717, 1.165) is 28.8 Å². The summed E-state index contributed by atoms with van der Waals surface area (Å²) in [4.78, 5) is 65.1. The molecule has 5 rings (SSSR count). The molecule has 2 aromatic rings. The number of ketones is 1. The van der Waals surface area contributed by atoms with Crippen molar-refractivity contribution in [1.82, 2.24) is 9.80 Å². The van der Waals surface area contributed by atoms with Crippen LogP contribution in [0.3, 0.4) is 0 Å². The van der Waals surface area contributed by atoms with Crippen molar-refractivity contribution in [3.63, 3.8) is 0 Å². The fraction of sp³-hybridized carbons (Fsp3) is 0.464. The quantitative estimate of drug-likeness (QED) is 0.309. The zero-order chi connectivity index (χ0) is 30.3. The van der Waals surface area contributed by atoms with Gasteiger partial charge in [0, 0.05) is 28.4 Å². The van der Waals surface area contributed by atoms with Crippen LogP contribution in [-0.4, -0.2) is 76.4 Å². The molecule has 3 aliphatic rings. The average Bonchev–Trinajstić information content (AvgIpc) is 3.61. The molecular weight excluding hydrogens is 565 g/mol. The van der Waals surface area contributed by atoms with Gasteiger partial charge in [0.05, 0.1) is 18.9 Å². The lowest BCUT2D eigenvalue weighted by Crippen LogP contribution is -2.59. The summed E-state index contributed by atoms with van der Waals surface area (Å²) < 4.78 is 37.0. The largest absolute Gasteiger partial charge is 0.490 e. The number of nitrogens with zero attached hydrogens (tertiary/aromatic N) is 2. The van der Waals surface area contributed by atoms with Crippen LogP contribution in [0.25, 0.3) is 10.4 Å². The number of carbonyl (C=O) groups excluding carboxylic acids is 4. The molecule has 0 radical (unpaired) electrons. The lowest BCUT2D eigenvalue weighted by Gasteiger charge is -2.44. The fourth-order valence-electron chi connectivity index (χ4n) is 6.25. The number of methoxy groups -OCH3 is 1. The van der Waals surface area contributed by atoms with E-state index in [-0.39, 0.29) is 23.6 Å². The molecule has 9 nitrogen and oxygen atoms in total. The van der Waals surface area contributed by atoms with Crippen LogP contribution in [0.15, 0.2) is 35.7 Å². The summed E-state index contributed by atoms with van der Waals surface area (Å²) in [7, 11) is 1.36. The maximum Gasteiger partial charge on any atom is 0.490 e. The van der Waals surface area contributed by atoms with Crippen molar-refractivity contribution in [2.45, 2.75) is 50.9 Å². The van der Waals surface area contributed by atoms with Gasteiger partial charge in [0.15, 0.2) is 5.78 Å². The minimum atomic E-state index is -5.08. The highest BCUT2D eigenvalue weighted by Crippen LogP contribution is 2.58. The van der Waals surface area contributed by atoms with Crippen LogP contribution in [0.1, 0.15) is 55.1 Å². The molecule has 3 fully saturated rings. The second-order valence-corrected chi connectivity index (χ2v) is 11.0. The number of Topliss-reactive ketones (excluding diaryl/α,β-unsaturated/α-hetero) is 1. The first-order chi connectivity index (χ1) is 19.3. The third-order valence-electron chi connectivity index (χ3n) is 7.99. The molecule has 0 saturated carbocycles. The number of alkyl halides is 3. The van der Waals surface area contributed by atoms with Crippen LogP contribution in [0.2, 0.25) is 0 Å². The van der Waals surface area contributed by atoms with Crippen LogP contribution in [-0.2, 0) is 23.9 Å². The van der Waals surface area contributed by atoms with Crippen molar-refractivity contribution >= 4 is 40.9 Å². The molecular formula is C28H29F3N2O7S. The number of benzene rings is 1. The highest BCUT2D eigenvalue weighted by Gasteiger charge is 2.72. The third-order valence-corrected chi connectivity index (χ3v) is 8.97. The average molecular weight is 595 g/mol. The number of fused-ring (bicyclic) bond motifs is 3. The predicted octanol–water partition coefficient (Wildman–Crippen LogP) is 4.32. The number of likely N-dealkylation sites (tertiary alicyclic amines) is 1. The Hall–Kier alpha value is -3.58. The number of ether oxygens (including phenoxy) is 1. The Morgan fingerprint density at radius 1 is 1.12 bits per heavy atom. The predicted molar refractivity (Wildman–Crippen MR) is 141 cm³/mol. The van der Waals surface area contributed by atoms with Crippen molar-refractivity contribution in [1.29, 1.82) is 0 Å². The Kier molecular flexibility index (Phi) is 8.42. The number of hydrogen-bond donors (Lipinski definition) is 1. The molecule has 2 amide bonds. The van der Waals surface area contributed by atoms with Crippen LogP contribution in [0, 0.1) is 11.8 Å². The maximum absolute atomic E-state index is 13.5. The molecule has 1 aromatic carbocycles. The summed E-state index contributed by atoms with van der Waals surface area (Å²) in [6, 6.07) is 9.46. The van der Waals surface area contributed by atoms with Gasteiger partial charge < -0.3 is 9.84 Å². The van der Waals surface area contributed by atoms with Gasteiger partial charge in [-0.2, -0.15) is 13.2 Å². The van der Waals surface area contributed by atoms with E-state index in [1.54, 1.807) is 13.8 Å². The van der Waals surface area contributed by atoms with E-state index < -0.39 is 35.5 Å². The summed E-state index contributed by atoms with van der Waals surface area (Å²) >= 11 is 1.52. The summed E-state index contributed by atoms with van der Waals surface area (Å²) in [5.74, 6) is -4.94. The maximum atomic E-state index is 13.5. The molecule has 0 bridgehead atoms. The molecule has 220 valence electrons. The first kappa shape index (κ1) is 30.4. The van der Waals surface area contributed by atoms with Crippen molar-refractivity contribution < 1.29 is 47.0 Å². The van der Waals surface area contributed by atoms with Gasteiger partial charge in [-0.3, -0.25) is 29.0 Å². The van der Waals surface area contributed by atoms with Crippen LogP contribution in [0.4, 0.5) is 13.2 Å². The van der Waals surface area contributed by atoms with Gasteiger partial charge in [0.2, 0.25) is 11.8 Å². The number of aliphatic carboxylic acids is 1. The number of rotatable bonds is 5. The van der Waals surface area contributed by atoms with Gasteiger partial charge >= 0.3 is 18.1 Å². The second-order valence-electron chi connectivity index (χ2n) is 10.1. The first-order valence-corrected chi connectivity index (χ1v) is 13.9. The molecule has 3 saturated heterocycles. The number of esters is 1. The monoisotopic (exact) mass is 594 g/mol. The molecule has 41 heavy (non-hydrogen) atoms. The normalized spacial score (nSPS) is 25.7. The Labute approximate surface area is 237 Å². The highest BCUT2D eigenvalue weighted by molar-refractivity contribution is 7.13. The molecule has 4 atom stereocenters. The zero-order valence-electron chi connectivity index (χ0n) is 22.6. The van der Waals surface area contributed by atoms with Crippen molar-refractivity contribution in [2.75, 3.05) is 20.2 Å². The van der Waals surface area contributed by atoms with Crippen molar-refractivity contribution in [3.8, 4) is 10.4 Å². The van der Waals surface area contributed by atoms with Crippen LogP contribution in [0.5, 0.6) is 0 Å². The first-order valence-electron chi connectivity index (χ1n) is 13.0. The molecule has 3 aliphatic heterocycles. The van der Waals surface area contributed by atoms with Crippen molar-refractivity contribution in [3.05, 3.63) is 46.8 Å². The molecule has 0 aliphatic carbocycles. The van der Waals surface area contributed by atoms with E-state index in [2.05, 4.69) is 4.90 Å². The number of carboxylic acids is 1. The number of amides is 2. The third kappa shape index (κ3) is 5.16. The SMILES string of the molecule is CCN1C(=O)[C@H]2[C@@H](c3ccc(-c4cc(C(C)=O)cs4)cc3)N3CCCC[C@@]3(C(=O)OC)[C@H]2C1=O.O=C(O)C(F)(F)F. The summed E-state index contributed by atoms with van der Waals surface area (Å²) in [5.41, 5.74) is 1.47. The van der Waals surface area contributed by atoms with E-state index in [1.807, 2.05) is 35.7 Å². The number of hydrogen-bond acceptors (Lipinski definition) is 8. The minimum absolute atomic E-state index is 0.0326. The lowest BCUT2D eigenvalue weighted by molar-refractivity contribution is -0.192. The Bertz CT molecular complexity index is 1370. The summed E-state index contributed by atoms with van der Waals surface area (Å²) in [6.45, 7) is 4.27. The second kappa shape index (κ2) is 11.4. The van der Waals surface area contributed by atoms with E-state index in [0.29, 0.717) is 25.1 Å². The van der Waals surface area contributed by atoms with Gasteiger partial charge in [-0.05, 0) is 56.8 Å². The topological polar surface area (TPSA) is 121 Å². The standard InChI is InChI=1S/C26H28N2O5S.C2HF3O2/c1-4-27-23(30)20-21(24(27)31)26(25(32)33-3)11-5-6-12-28(26)22(20)17-9-7-16(8-10-17)19-13-18(14-34-19)15(2)29;3-2(4,5)1(6)7/h7-10,13-14,20-22H,4-6,11-12H2,1-3H3;(H,6,7)/t20-,21-,22-,26+;/m1./s1. The molecule has 4 heterocycles. The lowest BCUT2D eigenvalue weighted by atomic mass is 9.75. The number of thiophene rings is 1. The highest BCUT2D eigenvalue weighted by atomic mass is 32.1. The molecule has 0 unspecified atom stereocenters. The van der Waals surface area contributed by atoms with Gasteiger partial charge in [-0.1, -0.05) is 24.3 Å². The summed E-state index contributed by atoms with van der Waals surface area (Å²) in [6.07, 6.45) is -2.87. The number of carbonyl (C=O) groups is 5. The van der Waals surface area contributed by atoms with E-state index in [9.17, 15) is 32.3 Å². The van der Waals surface area contributed by atoms with Gasteiger partial charge in [-0.15, -0.1) is 11.3 Å². The summed E-state index contributed by atoms with van der Waals surface area (Å²) in [5, 5.41) is 8.98. The van der Waals surface area contributed by atoms with Gasteiger partial charge in [0.25, 0.3) is 0 Å². The number of imide groups is 1. The number of halogens is 3. The van der Waals surface area contributed by atoms with Gasteiger partial charge in [0.1, 0.15) is 5.54 Å². The number of carboxylic acid groups (broad SMARTS) is 1. The smallest absolute Gasteiger partial charge is 0.475 e. The molecule has 0 spiro atoms. The van der Waals surface area contributed by atoms with E-state index >= 15 is 0 Å². The van der Waals surface area contributed by atoms with E-state index in [4.69, 9.17) is 14.6 Å². The van der Waals surface area contributed by atoms with Crippen LogP contribution < -0.4 is 0 Å². The fourth-order valence-corrected chi connectivity index (χ4v) is 7.20. The molecule has 13 heteroatoms. The van der Waals surface area contributed by atoms with E-state index in [1.165, 1.54) is 23.3 Å². The minimum Gasteiger partial charge on any atom is -0.475 e. The zero-order valence-corrected chi connectivity index (χ0v) is 23.4. The van der Waals surface area contributed by atoms with Gasteiger partial charge in [-0.25, -0.2) is 4.79 Å². The number of piperidine rings is 1. The van der Waals surface area contributed by atoms with Crippen LogP contribution >= 0.6 is 11.3 Å². The van der Waals surface area contributed by atoms with Crippen molar-refractivity contribution in [2.24, 2.45) is 11.8 Å². The molecule has 1 N–H and O–H groups in total.